The first-order valence-corrected chi connectivity index (χ1v) is 9.21. The van der Waals surface area contributed by atoms with E-state index in [4.69, 9.17) is 9.15 Å². The number of carbonyl (C=O) groups excluding carboxylic acids is 2. The Morgan fingerprint density at radius 3 is 2.41 bits per heavy atom. The van der Waals surface area contributed by atoms with Crippen molar-refractivity contribution >= 4 is 23.0 Å². The number of fused-ring (bicyclic) bond motifs is 1. The number of ether oxygens (including phenoxy) is 1. The molecule has 0 N–H and O–H groups in total. The van der Waals surface area contributed by atoms with Crippen molar-refractivity contribution in [3.8, 4) is 0 Å². The average Bonchev–Trinajstić information content (AvgIpc) is 2.89. The van der Waals surface area contributed by atoms with Crippen LogP contribution in [0.15, 0.2) is 21.3 Å². The molecular weight excluding hydrogens is 348 g/mol. The maximum absolute atomic E-state index is 12.7. The molecule has 146 valence electrons. The minimum atomic E-state index is -1.19. The summed E-state index contributed by atoms with van der Waals surface area (Å²) in [6.07, 6.45) is 1.28. The number of rotatable bonds is 3. The Morgan fingerprint density at radius 2 is 1.81 bits per heavy atom. The molecule has 3 rings (SSSR count). The molecule has 0 atom stereocenters. The molecule has 27 heavy (non-hydrogen) atoms. The zero-order valence-electron chi connectivity index (χ0n) is 16.5. The number of aryl methyl sites for hydroxylation is 2. The van der Waals surface area contributed by atoms with E-state index in [9.17, 15) is 14.4 Å². The second kappa shape index (κ2) is 6.87. The number of benzene rings is 1. The summed E-state index contributed by atoms with van der Waals surface area (Å²) in [5.74, 6) is -1.05. The van der Waals surface area contributed by atoms with Crippen molar-refractivity contribution in [1.82, 2.24) is 9.47 Å². The largest absolute Gasteiger partial charge is 0.450 e. The molecule has 2 aromatic rings. The van der Waals surface area contributed by atoms with Gasteiger partial charge in [0, 0.05) is 26.1 Å². The van der Waals surface area contributed by atoms with Crippen LogP contribution in [0.25, 0.3) is 11.1 Å². The first kappa shape index (κ1) is 19.2. The fourth-order valence-electron chi connectivity index (χ4n) is 3.94. The molecule has 0 unspecified atom stereocenters. The Kier molecular flexibility index (Phi) is 4.88. The monoisotopic (exact) mass is 374 g/mol. The Morgan fingerprint density at radius 1 is 1.19 bits per heavy atom. The smallest absolute Gasteiger partial charge is 0.420 e. The highest BCUT2D eigenvalue weighted by molar-refractivity contribution is 5.87. The van der Waals surface area contributed by atoms with Gasteiger partial charge in [0.25, 0.3) is 5.91 Å². The zero-order chi connectivity index (χ0) is 19.9. The van der Waals surface area contributed by atoms with Crippen LogP contribution in [0, 0.1) is 13.8 Å². The quantitative estimate of drug-likeness (QED) is 0.772. The highest BCUT2D eigenvalue weighted by Gasteiger charge is 2.37. The van der Waals surface area contributed by atoms with Crippen LogP contribution in [0.1, 0.15) is 50.8 Å². The van der Waals surface area contributed by atoms with E-state index in [-0.39, 0.29) is 17.7 Å². The molecule has 7 nitrogen and oxygen atoms in total. The van der Waals surface area contributed by atoms with Gasteiger partial charge < -0.3 is 14.1 Å². The number of carbonyl (C=O) groups is 2. The van der Waals surface area contributed by atoms with Gasteiger partial charge in [0.2, 0.25) is 0 Å². The third kappa shape index (κ3) is 3.63. The number of amides is 1. The molecule has 0 bridgehead atoms. The van der Waals surface area contributed by atoms with Gasteiger partial charge in [-0.1, -0.05) is 6.07 Å². The molecule has 0 aliphatic carbocycles. The van der Waals surface area contributed by atoms with Gasteiger partial charge >= 0.3 is 11.7 Å². The van der Waals surface area contributed by atoms with E-state index in [1.807, 2.05) is 26.0 Å². The topological polar surface area (TPSA) is 81.8 Å². The van der Waals surface area contributed by atoms with E-state index in [0.29, 0.717) is 31.5 Å². The summed E-state index contributed by atoms with van der Waals surface area (Å²) >= 11 is 0. The van der Waals surface area contributed by atoms with Gasteiger partial charge in [-0.2, -0.15) is 0 Å². The third-order valence-electron chi connectivity index (χ3n) is 5.08. The van der Waals surface area contributed by atoms with Crippen LogP contribution in [0.4, 0.5) is 0 Å². The van der Waals surface area contributed by atoms with Gasteiger partial charge in [0.05, 0.1) is 5.52 Å². The normalized spacial score (nSPS) is 16.0. The number of oxazole rings is 1. The predicted octanol–water partition coefficient (Wildman–Crippen LogP) is 2.72. The van der Waals surface area contributed by atoms with Gasteiger partial charge in [0.15, 0.2) is 11.2 Å². The summed E-state index contributed by atoms with van der Waals surface area (Å²) < 4.78 is 12.4. The number of hydrogen-bond donors (Lipinski definition) is 0. The molecule has 1 aliphatic heterocycles. The Balaban J connectivity index is 1.80. The van der Waals surface area contributed by atoms with Crippen molar-refractivity contribution in [1.29, 1.82) is 0 Å². The van der Waals surface area contributed by atoms with Gasteiger partial charge in [-0.3, -0.25) is 14.2 Å². The highest BCUT2D eigenvalue weighted by Crippen LogP contribution is 2.29. The standard InChI is InChI=1S/C20H26N2O5/c1-12-10-13(2)17-16(11-12)22(19(25)26-17)15-6-8-21(9-7-15)18(24)20(4,5)27-14(3)23/h10-11,15H,6-9H2,1-5H3. The van der Waals surface area contributed by atoms with Crippen LogP contribution >= 0.6 is 0 Å². The summed E-state index contributed by atoms with van der Waals surface area (Å²) in [6.45, 7) is 9.41. The summed E-state index contributed by atoms with van der Waals surface area (Å²) in [5, 5.41) is 0. The van der Waals surface area contributed by atoms with Crippen LogP contribution in [-0.2, 0) is 14.3 Å². The maximum Gasteiger partial charge on any atom is 0.420 e. The zero-order valence-corrected chi connectivity index (χ0v) is 16.5. The average molecular weight is 374 g/mol. The van der Waals surface area contributed by atoms with E-state index >= 15 is 0 Å². The van der Waals surface area contributed by atoms with Crippen molar-refractivity contribution < 1.29 is 18.7 Å². The molecule has 1 aromatic heterocycles. The summed E-state index contributed by atoms with van der Waals surface area (Å²) in [4.78, 5) is 38.1. The van der Waals surface area contributed by atoms with Crippen LogP contribution in [0.2, 0.25) is 0 Å². The van der Waals surface area contributed by atoms with Crippen LogP contribution in [0.3, 0.4) is 0 Å². The first-order valence-electron chi connectivity index (χ1n) is 9.21. The number of hydrogen-bond acceptors (Lipinski definition) is 5. The van der Waals surface area contributed by atoms with E-state index in [1.54, 1.807) is 23.3 Å². The molecule has 1 amide bonds. The summed E-state index contributed by atoms with van der Waals surface area (Å²) in [6, 6.07) is 3.93. The first-order chi connectivity index (χ1) is 12.6. The molecule has 0 saturated carbocycles. The lowest BCUT2D eigenvalue weighted by molar-refractivity contribution is -0.169. The van der Waals surface area contributed by atoms with Gasteiger partial charge in [-0.15, -0.1) is 0 Å². The van der Waals surface area contributed by atoms with Crippen molar-refractivity contribution in [2.45, 2.75) is 59.1 Å². The van der Waals surface area contributed by atoms with E-state index in [2.05, 4.69) is 0 Å². The van der Waals surface area contributed by atoms with E-state index in [1.165, 1.54) is 6.92 Å². The Hall–Kier alpha value is -2.57. The number of aromatic nitrogens is 1. The Bertz CT molecular complexity index is 945. The molecule has 1 aliphatic rings. The lowest BCUT2D eigenvalue weighted by Gasteiger charge is -2.36. The molecule has 1 fully saturated rings. The lowest BCUT2D eigenvalue weighted by atomic mass is 10.0. The Labute approximate surface area is 157 Å². The minimum Gasteiger partial charge on any atom is -0.450 e. The lowest BCUT2D eigenvalue weighted by Crippen LogP contribution is -2.50. The van der Waals surface area contributed by atoms with Crippen molar-refractivity contribution in [3.05, 3.63) is 33.8 Å². The number of piperidine rings is 1. The molecule has 7 heteroatoms. The second-order valence-corrected chi connectivity index (χ2v) is 7.80. The summed E-state index contributed by atoms with van der Waals surface area (Å²) in [7, 11) is 0. The van der Waals surface area contributed by atoms with Gasteiger partial charge in [-0.05, 0) is 57.7 Å². The second-order valence-electron chi connectivity index (χ2n) is 7.80. The van der Waals surface area contributed by atoms with E-state index in [0.717, 1.165) is 16.6 Å². The van der Waals surface area contributed by atoms with E-state index < -0.39 is 11.6 Å². The van der Waals surface area contributed by atoms with Crippen molar-refractivity contribution in [2.75, 3.05) is 13.1 Å². The third-order valence-corrected chi connectivity index (χ3v) is 5.08. The molecule has 1 saturated heterocycles. The minimum absolute atomic E-state index is 0.0270. The molecule has 1 aromatic carbocycles. The fourth-order valence-corrected chi connectivity index (χ4v) is 3.94. The van der Waals surface area contributed by atoms with Crippen molar-refractivity contribution in [3.63, 3.8) is 0 Å². The SMILES string of the molecule is CC(=O)OC(C)(C)C(=O)N1CCC(n2c(=O)oc3c(C)cc(C)cc32)CC1. The van der Waals surface area contributed by atoms with Crippen LogP contribution in [-0.4, -0.2) is 40.0 Å². The molecule has 2 heterocycles. The van der Waals surface area contributed by atoms with Crippen molar-refractivity contribution in [2.24, 2.45) is 0 Å². The highest BCUT2D eigenvalue weighted by atomic mass is 16.6. The number of nitrogens with zero attached hydrogens (tertiary/aromatic N) is 2. The number of esters is 1. The van der Waals surface area contributed by atoms with Gasteiger partial charge in [0.1, 0.15) is 0 Å². The summed E-state index contributed by atoms with van der Waals surface area (Å²) in [5.41, 5.74) is 2.26. The van der Waals surface area contributed by atoms with Crippen LogP contribution < -0.4 is 5.76 Å². The fraction of sp³-hybridized carbons (Fsp3) is 0.550. The van der Waals surface area contributed by atoms with Crippen LogP contribution in [0.5, 0.6) is 0 Å². The molecule has 0 spiro atoms. The molecular formula is C20H26N2O5. The maximum atomic E-state index is 12.7. The number of likely N-dealkylation sites (tertiary alicyclic amines) is 1. The predicted molar refractivity (Wildman–Crippen MR) is 101 cm³/mol. The molecule has 0 radical (unpaired) electrons. The van der Waals surface area contributed by atoms with Gasteiger partial charge in [-0.25, -0.2) is 4.79 Å².